The summed E-state index contributed by atoms with van der Waals surface area (Å²) in [6, 6.07) is 7.91. The molecule has 0 saturated carbocycles. The molecule has 1 aromatic heterocycles. The number of nitrogens with two attached hydrogens (primary N) is 1. The molecule has 0 aliphatic heterocycles. The lowest BCUT2D eigenvalue weighted by atomic mass is 10.1. The van der Waals surface area contributed by atoms with Gasteiger partial charge in [-0.1, -0.05) is 0 Å². The van der Waals surface area contributed by atoms with Crippen molar-refractivity contribution in [2.75, 3.05) is 11.1 Å². The van der Waals surface area contributed by atoms with E-state index in [0.29, 0.717) is 22.6 Å². The van der Waals surface area contributed by atoms with Crippen molar-refractivity contribution in [3.8, 4) is 0 Å². The summed E-state index contributed by atoms with van der Waals surface area (Å²) in [6.45, 7) is 1.74. The zero-order valence-corrected chi connectivity index (χ0v) is 11.5. The molecule has 2 aromatic rings. The Morgan fingerprint density at radius 2 is 2.05 bits per heavy atom. The van der Waals surface area contributed by atoms with Crippen molar-refractivity contribution in [2.24, 2.45) is 0 Å². The van der Waals surface area contributed by atoms with Crippen LogP contribution in [0.15, 0.2) is 36.5 Å². The number of nitrogens with zero attached hydrogens (tertiary/aromatic N) is 1. The van der Waals surface area contributed by atoms with Crippen molar-refractivity contribution in [1.29, 1.82) is 0 Å². The molecule has 1 aromatic carbocycles. The maximum absolute atomic E-state index is 11.9. The van der Waals surface area contributed by atoms with Gasteiger partial charge in [-0.05, 0) is 42.8 Å². The Hall–Kier alpha value is -2.89. The van der Waals surface area contributed by atoms with E-state index in [-0.39, 0.29) is 17.9 Å². The minimum absolute atomic E-state index is 0.125. The molecule has 0 radical (unpaired) electrons. The summed E-state index contributed by atoms with van der Waals surface area (Å²) >= 11 is 0. The first-order chi connectivity index (χ1) is 9.95. The second kappa shape index (κ2) is 6.04. The van der Waals surface area contributed by atoms with Crippen molar-refractivity contribution in [2.45, 2.75) is 13.3 Å². The molecule has 0 spiro atoms. The quantitative estimate of drug-likeness (QED) is 0.795. The van der Waals surface area contributed by atoms with Gasteiger partial charge in [-0.25, -0.2) is 4.79 Å². The SMILES string of the molecule is Cc1cc(C(=O)O)ccc1NC(=O)Cc1ccc(N)cn1. The number of hydrogen-bond acceptors (Lipinski definition) is 4. The molecule has 2 rings (SSSR count). The maximum Gasteiger partial charge on any atom is 0.335 e. The summed E-state index contributed by atoms with van der Waals surface area (Å²) in [5.74, 6) is -1.22. The molecule has 4 N–H and O–H groups in total. The van der Waals surface area contributed by atoms with Crippen molar-refractivity contribution in [3.63, 3.8) is 0 Å². The Morgan fingerprint density at radius 3 is 2.62 bits per heavy atom. The third kappa shape index (κ3) is 3.79. The smallest absolute Gasteiger partial charge is 0.335 e. The summed E-state index contributed by atoms with van der Waals surface area (Å²) in [7, 11) is 0. The number of amides is 1. The number of carboxylic acid groups (broad SMARTS) is 1. The van der Waals surface area contributed by atoms with Gasteiger partial charge in [-0.3, -0.25) is 9.78 Å². The third-order valence-corrected chi connectivity index (χ3v) is 2.94. The molecular formula is C15H15N3O3. The van der Waals surface area contributed by atoms with Crippen LogP contribution in [0.1, 0.15) is 21.6 Å². The zero-order chi connectivity index (χ0) is 15.4. The average Bonchev–Trinajstić information content (AvgIpc) is 2.43. The van der Waals surface area contributed by atoms with Gasteiger partial charge in [0.1, 0.15) is 0 Å². The van der Waals surface area contributed by atoms with E-state index in [4.69, 9.17) is 10.8 Å². The molecule has 0 saturated heterocycles. The predicted octanol–water partition coefficient (Wildman–Crippen LogP) is 1.85. The van der Waals surface area contributed by atoms with E-state index in [0.717, 1.165) is 0 Å². The Labute approximate surface area is 121 Å². The molecular weight excluding hydrogens is 270 g/mol. The number of nitrogen functional groups attached to an aromatic ring is 1. The Bertz CT molecular complexity index is 681. The van der Waals surface area contributed by atoms with E-state index in [9.17, 15) is 9.59 Å². The number of pyridine rings is 1. The molecule has 0 aliphatic carbocycles. The monoisotopic (exact) mass is 285 g/mol. The maximum atomic E-state index is 11.9. The third-order valence-electron chi connectivity index (χ3n) is 2.94. The number of carbonyl (C=O) groups excluding carboxylic acids is 1. The van der Waals surface area contributed by atoms with E-state index < -0.39 is 5.97 Å². The first kappa shape index (κ1) is 14.5. The van der Waals surface area contributed by atoms with Crippen LogP contribution in [0.5, 0.6) is 0 Å². The molecule has 1 heterocycles. The summed E-state index contributed by atoms with van der Waals surface area (Å²) < 4.78 is 0. The molecule has 1 amide bonds. The van der Waals surface area contributed by atoms with E-state index in [1.807, 2.05) is 0 Å². The Morgan fingerprint density at radius 1 is 1.29 bits per heavy atom. The van der Waals surface area contributed by atoms with Crippen molar-refractivity contribution < 1.29 is 14.7 Å². The summed E-state index contributed by atoms with van der Waals surface area (Å²) in [5.41, 5.74) is 8.14. The van der Waals surface area contributed by atoms with Crippen LogP contribution in [0, 0.1) is 6.92 Å². The number of aromatic carboxylic acids is 1. The first-order valence-corrected chi connectivity index (χ1v) is 6.30. The van der Waals surface area contributed by atoms with Gasteiger partial charge >= 0.3 is 5.97 Å². The van der Waals surface area contributed by atoms with Gasteiger partial charge in [0.15, 0.2) is 0 Å². The molecule has 0 atom stereocenters. The fraction of sp³-hybridized carbons (Fsp3) is 0.133. The van der Waals surface area contributed by atoms with Gasteiger partial charge in [0.25, 0.3) is 0 Å². The molecule has 0 fully saturated rings. The largest absolute Gasteiger partial charge is 0.478 e. The second-order valence-electron chi connectivity index (χ2n) is 4.64. The highest BCUT2D eigenvalue weighted by atomic mass is 16.4. The lowest BCUT2D eigenvalue weighted by Gasteiger charge is -2.09. The van der Waals surface area contributed by atoms with Crippen LogP contribution >= 0.6 is 0 Å². The van der Waals surface area contributed by atoms with Gasteiger partial charge < -0.3 is 16.2 Å². The second-order valence-corrected chi connectivity index (χ2v) is 4.64. The van der Waals surface area contributed by atoms with Crippen LogP contribution in [-0.4, -0.2) is 22.0 Å². The normalized spacial score (nSPS) is 10.1. The van der Waals surface area contributed by atoms with Gasteiger partial charge in [0, 0.05) is 11.4 Å². The number of carbonyl (C=O) groups is 2. The van der Waals surface area contributed by atoms with Crippen LogP contribution in [0.4, 0.5) is 11.4 Å². The van der Waals surface area contributed by atoms with Crippen LogP contribution in [0.3, 0.4) is 0 Å². The van der Waals surface area contributed by atoms with Crippen LogP contribution in [-0.2, 0) is 11.2 Å². The van der Waals surface area contributed by atoms with Crippen molar-refractivity contribution in [1.82, 2.24) is 4.98 Å². The molecule has 108 valence electrons. The molecule has 6 nitrogen and oxygen atoms in total. The number of hydrogen-bond donors (Lipinski definition) is 3. The number of anilines is 2. The number of rotatable bonds is 4. The summed E-state index contributed by atoms with van der Waals surface area (Å²) in [4.78, 5) is 26.8. The lowest BCUT2D eigenvalue weighted by molar-refractivity contribution is -0.115. The molecule has 0 unspecified atom stereocenters. The first-order valence-electron chi connectivity index (χ1n) is 6.30. The van der Waals surface area contributed by atoms with Crippen LogP contribution in [0.2, 0.25) is 0 Å². The number of benzene rings is 1. The van der Waals surface area contributed by atoms with Gasteiger partial charge in [-0.2, -0.15) is 0 Å². The predicted molar refractivity (Wildman–Crippen MR) is 79.1 cm³/mol. The van der Waals surface area contributed by atoms with E-state index in [2.05, 4.69) is 10.3 Å². The van der Waals surface area contributed by atoms with Crippen molar-refractivity contribution >= 4 is 23.3 Å². The minimum Gasteiger partial charge on any atom is -0.478 e. The number of aryl methyl sites for hydroxylation is 1. The highest BCUT2D eigenvalue weighted by Crippen LogP contribution is 2.17. The van der Waals surface area contributed by atoms with E-state index >= 15 is 0 Å². The summed E-state index contributed by atoms with van der Waals surface area (Å²) in [6.07, 6.45) is 1.62. The topological polar surface area (TPSA) is 105 Å². The molecule has 21 heavy (non-hydrogen) atoms. The number of nitrogens with one attached hydrogen (secondary N) is 1. The highest BCUT2D eigenvalue weighted by molar-refractivity contribution is 5.94. The summed E-state index contributed by atoms with van der Waals surface area (Å²) in [5, 5.41) is 11.6. The molecule has 6 heteroatoms. The number of aromatic nitrogens is 1. The van der Waals surface area contributed by atoms with Gasteiger partial charge in [-0.15, -0.1) is 0 Å². The fourth-order valence-electron chi connectivity index (χ4n) is 1.84. The fourth-order valence-corrected chi connectivity index (χ4v) is 1.84. The zero-order valence-electron chi connectivity index (χ0n) is 11.5. The Kier molecular flexibility index (Phi) is 4.18. The minimum atomic E-state index is -0.998. The van der Waals surface area contributed by atoms with Gasteiger partial charge in [0.05, 0.1) is 23.9 Å². The van der Waals surface area contributed by atoms with Crippen LogP contribution < -0.4 is 11.1 Å². The average molecular weight is 285 g/mol. The molecule has 0 aliphatic rings. The molecule has 0 bridgehead atoms. The lowest BCUT2D eigenvalue weighted by Crippen LogP contribution is -2.16. The van der Waals surface area contributed by atoms with E-state index in [1.54, 1.807) is 25.1 Å². The standard InChI is InChI=1S/C15H15N3O3/c1-9-6-10(15(20)21)2-5-13(9)18-14(19)7-12-4-3-11(16)8-17-12/h2-6,8H,7,16H2,1H3,(H,18,19)(H,20,21). The van der Waals surface area contributed by atoms with Crippen molar-refractivity contribution in [3.05, 3.63) is 53.3 Å². The van der Waals surface area contributed by atoms with Gasteiger partial charge in [0.2, 0.25) is 5.91 Å². The highest BCUT2D eigenvalue weighted by Gasteiger charge is 2.09. The van der Waals surface area contributed by atoms with Crippen LogP contribution in [0.25, 0.3) is 0 Å². The number of carboxylic acids is 1. The Balaban J connectivity index is 2.06. The van der Waals surface area contributed by atoms with E-state index in [1.165, 1.54) is 18.3 Å².